The summed E-state index contributed by atoms with van der Waals surface area (Å²) in [6.45, 7) is 0.991. The second-order valence-corrected chi connectivity index (χ2v) is 17.3. The third-order valence-corrected chi connectivity index (χ3v) is 13.4. The lowest BCUT2D eigenvalue weighted by Crippen LogP contribution is -2.63. The number of ether oxygens (including phenoxy) is 1. The number of anilines is 2. The molecule has 0 bridgehead atoms. The Morgan fingerprint density at radius 2 is 1.95 bits per heavy atom. The summed E-state index contributed by atoms with van der Waals surface area (Å²) in [5.41, 5.74) is 4.09. The van der Waals surface area contributed by atoms with Crippen molar-refractivity contribution in [2.45, 2.75) is 56.2 Å². The summed E-state index contributed by atoms with van der Waals surface area (Å²) in [4.78, 5) is 27.5. The van der Waals surface area contributed by atoms with Crippen molar-refractivity contribution in [1.82, 2.24) is 19.8 Å². The van der Waals surface area contributed by atoms with Gasteiger partial charge in [0.1, 0.15) is 41.0 Å². The molecule has 1 aliphatic carbocycles. The molecule has 4 aliphatic heterocycles. The van der Waals surface area contributed by atoms with E-state index in [9.17, 15) is 24.1 Å². The Bertz CT molecular complexity index is 2380. The zero-order valence-corrected chi connectivity index (χ0v) is 30.9. The number of thiophene rings is 1. The van der Waals surface area contributed by atoms with Crippen molar-refractivity contribution in [1.29, 1.82) is 10.5 Å². The van der Waals surface area contributed by atoms with Crippen molar-refractivity contribution < 1.29 is 31.5 Å². The molecule has 9 rings (SSSR count). The minimum absolute atomic E-state index is 0.0165. The Labute approximate surface area is 321 Å². The monoisotopic (exact) mass is 796 g/mol. The van der Waals surface area contributed by atoms with E-state index in [2.05, 4.69) is 11.1 Å². The highest BCUT2D eigenvalue weighted by atomic mass is 35.5. The van der Waals surface area contributed by atoms with Crippen LogP contribution in [0, 0.1) is 51.5 Å². The number of nitrogens with two attached hydrogens (primary N) is 1. The maximum Gasteiger partial charge on any atom is 0.319 e. The molecule has 4 saturated heterocycles. The van der Waals surface area contributed by atoms with E-state index in [4.69, 9.17) is 27.1 Å². The molecule has 1 spiro atoms. The molecule has 17 heteroatoms. The number of aromatic nitrogens is 2. The molecule has 55 heavy (non-hydrogen) atoms. The summed E-state index contributed by atoms with van der Waals surface area (Å²) in [6, 6.07) is 7.71. The van der Waals surface area contributed by atoms with Crippen LogP contribution in [0.1, 0.15) is 44.1 Å². The van der Waals surface area contributed by atoms with Gasteiger partial charge in [-0.05, 0) is 43.5 Å². The normalized spacial score (nSPS) is 26.8. The number of hydrogen-bond acceptors (Lipinski definition) is 10. The quantitative estimate of drug-likeness (QED) is 0.203. The van der Waals surface area contributed by atoms with Gasteiger partial charge in [0.25, 0.3) is 5.92 Å². The van der Waals surface area contributed by atoms with E-state index >= 15 is 13.2 Å². The van der Waals surface area contributed by atoms with Crippen LogP contribution in [-0.4, -0.2) is 89.2 Å². The minimum atomic E-state index is -3.08. The number of hydrogen-bond donors (Lipinski definition) is 1. The lowest BCUT2D eigenvalue weighted by atomic mass is 9.74. The molecule has 10 nitrogen and oxygen atoms in total. The van der Waals surface area contributed by atoms with Crippen molar-refractivity contribution in [2.24, 2.45) is 17.3 Å². The van der Waals surface area contributed by atoms with Crippen molar-refractivity contribution in [3.8, 4) is 29.3 Å². The summed E-state index contributed by atoms with van der Waals surface area (Å²) in [6.07, 6.45) is 0.180. The Morgan fingerprint density at radius 3 is 2.69 bits per heavy atom. The Balaban J connectivity index is 1.15. The maximum absolute atomic E-state index is 17.2. The fourth-order valence-electron chi connectivity index (χ4n) is 9.50. The third kappa shape index (κ3) is 5.90. The minimum Gasteiger partial charge on any atom is -0.461 e. The predicted octanol–water partition coefficient (Wildman–Crippen LogP) is 7.08. The van der Waals surface area contributed by atoms with E-state index in [1.807, 2.05) is 11.0 Å². The standard InChI is InChI=1S/C38H34ClF5N8O2S/c39-25-9-23-30(29(42)28(25)21-2-3-26(41)31-27(21)24(12-46)32(47)55-31)48-35(54-18-37-4-1-6-52(37)13-20(40)10-37)49-33(23)50-7-5-38(43,44)14-36(15-50)16-51(17-36)34(53)22-8-19(22)11-45/h2-3,9,19-20,22H,1,4-8,10,13-18,47H2/t19-,20+,22+,37-/m0/s1. The number of halogens is 6. The summed E-state index contributed by atoms with van der Waals surface area (Å²) >= 11 is 7.72. The van der Waals surface area contributed by atoms with Crippen molar-refractivity contribution in [2.75, 3.05) is 56.5 Å². The second-order valence-electron chi connectivity index (χ2n) is 15.9. The summed E-state index contributed by atoms with van der Waals surface area (Å²) < 4.78 is 84.2. The third-order valence-electron chi connectivity index (χ3n) is 12.1. The fourth-order valence-corrected chi connectivity index (χ4v) is 10.7. The number of fused-ring (bicyclic) bond motifs is 3. The maximum atomic E-state index is 17.2. The van der Waals surface area contributed by atoms with E-state index in [0.29, 0.717) is 19.4 Å². The Kier molecular flexibility index (Phi) is 8.39. The van der Waals surface area contributed by atoms with Crippen LogP contribution < -0.4 is 15.4 Å². The van der Waals surface area contributed by atoms with Crippen LogP contribution in [0.3, 0.4) is 0 Å². The van der Waals surface area contributed by atoms with Crippen LogP contribution in [0.2, 0.25) is 5.02 Å². The number of likely N-dealkylation sites (tertiary alicyclic amines) is 1. The molecule has 5 aliphatic rings. The number of nitrogen functional groups attached to an aromatic ring is 1. The van der Waals surface area contributed by atoms with Gasteiger partial charge in [-0.15, -0.1) is 11.3 Å². The molecule has 0 unspecified atom stereocenters. The van der Waals surface area contributed by atoms with E-state index < -0.39 is 53.4 Å². The van der Waals surface area contributed by atoms with Crippen molar-refractivity contribution >= 4 is 60.7 Å². The lowest BCUT2D eigenvalue weighted by Gasteiger charge is -2.52. The number of nitrogens with zero attached hydrogens (tertiary/aromatic N) is 7. The molecular weight excluding hydrogens is 763 g/mol. The van der Waals surface area contributed by atoms with Gasteiger partial charge in [-0.1, -0.05) is 17.7 Å². The lowest BCUT2D eigenvalue weighted by molar-refractivity contribution is -0.151. The van der Waals surface area contributed by atoms with Gasteiger partial charge in [0, 0.05) is 73.7 Å². The second kappa shape index (κ2) is 12.8. The number of alkyl halides is 3. The highest BCUT2D eigenvalue weighted by molar-refractivity contribution is 7.23. The number of rotatable bonds is 6. The first-order chi connectivity index (χ1) is 26.2. The smallest absolute Gasteiger partial charge is 0.319 e. The van der Waals surface area contributed by atoms with Crippen LogP contribution in [0.5, 0.6) is 6.01 Å². The molecule has 4 aromatic rings. The highest BCUT2D eigenvalue weighted by Crippen LogP contribution is 2.50. The molecule has 0 radical (unpaired) electrons. The number of carbonyl (C=O) groups excluding carboxylic acids is 1. The molecule has 5 fully saturated rings. The number of amides is 1. The summed E-state index contributed by atoms with van der Waals surface area (Å²) in [5.74, 6) is -5.57. The van der Waals surface area contributed by atoms with Crippen LogP contribution in [-0.2, 0) is 4.79 Å². The van der Waals surface area contributed by atoms with Crippen molar-refractivity contribution in [3.63, 3.8) is 0 Å². The SMILES string of the molecule is N#Cc1c(N)sc2c(F)ccc(-c3c(Cl)cc4c(N5CCC(F)(F)CC6(CN(C(=O)[C@@H]7C[C@H]7C#N)C6)C5)nc(OC[C@@]56CCCN5C[C@H](F)C6)nc4c3F)c12. The Morgan fingerprint density at radius 1 is 1.15 bits per heavy atom. The van der Waals surface area contributed by atoms with Crippen LogP contribution in [0.4, 0.5) is 32.8 Å². The predicted molar refractivity (Wildman–Crippen MR) is 196 cm³/mol. The van der Waals surface area contributed by atoms with Gasteiger partial charge < -0.3 is 20.3 Å². The van der Waals surface area contributed by atoms with Crippen LogP contribution in [0.25, 0.3) is 32.1 Å². The molecule has 4 atom stereocenters. The first-order valence-corrected chi connectivity index (χ1v) is 19.4. The van der Waals surface area contributed by atoms with Gasteiger partial charge in [0.2, 0.25) is 5.91 Å². The van der Waals surface area contributed by atoms with Gasteiger partial charge in [-0.2, -0.15) is 20.5 Å². The van der Waals surface area contributed by atoms with Gasteiger partial charge in [0.15, 0.2) is 5.82 Å². The van der Waals surface area contributed by atoms with E-state index in [1.165, 1.54) is 17.0 Å². The Hall–Kier alpha value is -4.51. The summed E-state index contributed by atoms with van der Waals surface area (Å²) in [7, 11) is 0. The zero-order valence-electron chi connectivity index (χ0n) is 29.4. The first-order valence-electron chi connectivity index (χ1n) is 18.2. The fraction of sp³-hybridized carbons (Fsp3) is 0.500. The van der Waals surface area contributed by atoms with Gasteiger partial charge in [0.05, 0.1) is 38.7 Å². The molecule has 286 valence electrons. The van der Waals surface area contributed by atoms with E-state index in [-0.39, 0.29) is 117 Å². The number of nitriles is 2. The highest BCUT2D eigenvalue weighted by Gasteiger charge is 2.57. The topological polar surface area (TPSA) is 135 Å². The van der Waals surface area contributed by atoms with Gasteiger partial charge in [-0.25, -0.2) is 22.0 Å². The van der Waals surface area contributed by atoms with Crippen LogP contribution >= 0.6 is 22.9 Å². The molecular formula is C38H34ClF5N8O2S. The average Bonchev–Trinajstić information content (AvgIpc) is 3.62. The number of carbonyl (C=O) groups is 1. The molecule has 2 aromatic heterocycles. The van der Waals surface area contributed by atoms with Gasteiger partial charge in [-0.3, -0.25) is 9.69 Å². The number of benzene rings is 2. The van der Waals surface area contributed by atoms with E-state index in [0.717, 1.165) is 23.8 Å². The molecule has 2 aromatic carbocycles. The van der Waals surface area contributed by atoms with E-state index in [1.54, 1.807) is 4.90 Å². The molecule has 2 N–H and O–H groups in total. The molecule has 6 heterocycles. The van der Waals surface area contributed by atoms with Crippen LogP contribution in [0.15, 0.2) is 18.2 Å². The first kappa shape index (κ1) is 36.1. The van der Waals surface area contributed by atoms with Gasteiger partial charge >= 0.3 is 6.01 Å². The zero-order chi connectivity index (χ0) is 38.6. The summed E-state index contributed by atoms with van der Waals surface area (Å²) in [5, 5.41) is 19.3. The average molecular weight is 797 g/mol. The van der Waals surface area contributed by atoms with Crippen molar-refractivity contribution in [3.05, 3.63) is 40.4 Å². The molecule has 1 amide bonds. The largest absolute Gasteiger partial charge is 0.461 e. The molecule has 1 saturated carbocycles.